The van der Waals surface area contributed by atoms with Crippen molar-refractivity contribution in [2.45, 2.75) is 6.92 Å². The Morgan fingerprint density at radius 1 is 1.05 bits per heavy atom. The van der Waals surface area contributed by atoms with E-state index in [0.717, 1.165) is 27.6 Å². The summed E-state index contributed by atoms with van der Waals surface area (Å²) in [5.41, 5.74) is 10.1. The molecule has 1 heterocycles. The van der Waals surface area contributed by atoms with Crippen molar-refractivity contribution in [1.29, 1.82) is 0 Å². The van der Waals surface area contributed by atoms with Crippen LogP contribution in [0.15, 0.2) is 48.5 Å². The van der Waals surface area contributed by atoms with Gasteiger partial charge in [-0.15, -0.1) is 0 Å². The Morgan fingerprint density at radius 3 is 2.53 bits per heavy atom. The molecule has 0 aliphatic rings. The molecular formula is C16H13ClN2. The van der Waals surface area contributed by atoms with E-state index in [1.807, 2.05) is 43.3 Å². The SMILES string of the molecule is Cc1c(N)nc2ccc(Cl)cc2c1-c1ccccc1. The van der Waals surface area contributed by atoms with Crippen LogP contribution in [0, 0.1) is 6.92 Å². The summed E-state index contributed by atoms with van der Waals surface area (Å²) in [5, 5.41) is 1.74. The molecule has 0 spiro atoms. The van der Waals surface area contributed by atoms with Crippen LogP contribution in [-0.2, 0) is 0 Å². The fraction of sp³-hybridized carbons (Fsp3) is 0.0625. The predicted octanol–water partition coefficient (Wildman–Crippen LogP) is 4.45. The second-order valence-corrected chi connectivity index (χ2v) is 4.96. The third kappa shape index (κ3) is 2.04. The van der Waals surface area contributed by atoms with Crippen molar-refractivity contribution in [3.63, 3.8) is 0 Å². The molecule has 2 nitrogen and oxygen atoms in total. The van der Waals surface area contributed by atoms with Gasteiger partial charge in [0.2, 0.25) is 0 Å². The van der Waals surface area contributed by atoms with Crippen molar-refractivity contribution in [1.82, 2.24) is 4.98 Å². The smallest absolute Gasteiger partial charge is 0.127 e. The molecule has 0 aliphatic heterocycles. The van der Waals surface area contributed by atoms with Crippen molar-refractivity contribution in [3.8, 4) is 11.1 Å². The van der Waals surface area contributed by atoms with Crippen LogP contribution in [0.3, 0.4) is 0 Å². The summed E-state index contributed by atoms with van der Waals surface area (Å²) < 4.78 is 0. The van der Waals surface area contributed by atoms with Gasteiger partial charge in [-0.25, -0.2) is 4.98 Å². The summed E-state index contributed by atoms with van der Waals surface area (Å²) in [5.74, 6) is 0.564. The number of halogens is 1. The molecule has 0 aliphatic carbocycles. The highest BCUT2D eigenvalue weighted by atomic mass is 35.5. The van der Waals surface area contributed by atoms with Gasteiger partial charge in [-0.3, -0.25) is 0 Å². The maximum absolute atomic E-state index is 6.11. The van der Waals surface area contributed by atoms with Crippen LogP contribution in [0.5, 0.6) is 0 Å². The van der Waals surface area contributed by atoms with Crippen LogP contribution < -0.4 is 5.73 Å². The van der Waals surface area contributed by atoms with E-state index in [1.165, 1.54) is 0 Å². The minimum Gasteiger partial charge on any atom is -0.383 e. The minimum atomic E-state index is 0.564. The lowest BCUT2D eigenvalue weighted by molar-refractivity contribution is 1.34. The molecule has 2 aromatic carbocycles. The van der Waals surface area contributed by atoms with Crippen LogP contribution >= 0.6 is 11.6 Å². The number of hydrogen-bond acceptors (Lipinski definition) is 2. The summed E-state index contributed by atoms with van der Waals surface area (Å²) in [6.45, 7) is 1.99. The van der Waals surface area contributed by atoms with E-state index >= 15 is 0 Å². The lowest BCUT2D eigenvalue weighted by Crippen LogP contribution is -1.98. The second kappa shape index (κ2) is 4.56. The lowest BCUT2D eigenvalue weighted by Gasteiger charge is -2.12. The van der Waals surface area contributed by atoms with Gasteiger partial charge >= 0.3 is 0 Å². The fourth-order valence-corrected chi connectivity index (χ4v) is 2.50. The van der Waals surface area contributed by atoms with Gasteiger partial charge in [0.05, 0.1) is 5.52 Å². The maximum atomic E-state index is 6.11. The van der Waals surface area contributed by atoms with Crippen LogP contribution in [-0.4, -0.2) is 4.98 Å². The fourth-order valence-electron chi connectivity index (χ4n) is 2.33. The number of pyridine rings is 1. The largest absolute Gasteiger partial charge is 0.383 e. The maximum Gasteiger partial charge on any atom is 0.127 e. The van der Waals surface area contributed by atoms with E-state index in [-0.39, 0.29) is 0 Å². The lowest BCUT2D eigenvalue weighted by atomic mass is 9.96. The van der Waals surface area contributed by atoms with Crippen LogP contribution in [0.2, 0.25) is 5.02 Å². The average Bonchev–Trinajstić information content (AvgIpc) is 2.42. The number of hydrogen-bond donors (Lipinski definition) is 1. The van der Waals surface area contributed by atoms with E-state index in [0.29, 0.717) is 10.8 Å². The molecule has 3 aromatic rings. The Hall–Kier alpha value is -2.06. The molecule has 3 heteroatoms. The first-order chi connectivity index (χ1) is 9.16. The number of aromatic nitrogens is 1. The summed E-state index contributed by atoms with van der Waals surface area (Å²) >= 11 is 6.11. The average molecular weight is 269 g/mol. The standard InChI is InChI=1S/C16H13ClN2/c1-10-15(11-5-3-2-4-6-11)13-9-12(17)7-8-14(13)19-16(10)18/h2-9H,1H3,(H2,18,19). The van der Waals surface area contributed by atoms with E-state index < -0.39 is 0 Å². The van der Waals surface area contributed by atoms with Crippen molar-refractivity contribution in [2.24, 2.45) is 0 Å². The highest BCUT2D eigenvalue weighted by Gasteiger charge is 2.11. The number of benzene rings is 2. The molecule has 2 N–H and O–H groups in total. The molecule has 19 heavy (non-hydrogen) atoms. The van der Waals surface area contributed by atoms with Gasteiger partial charge in [-0.05, 0) is 41.8 Å². The summed E-state index contributed by atoms with van der Waals surface area (Å²) in [6, 6.07) is 15.9. The van der Waals surface area contributed by atoms with Gasteiger partial charge in [-0.1, -0.05) is 41.9 Å². The summed E-state index contributed by atoms with van der Waals surface area (Å²) in [4.78, 5) is 4.42. The van der Waals surface area contributed by atoms with Crippen molar-refractivity contribution < 1.29 is 0 Å². The van der Waals surface area contributed by atoms with Gasteiger partial charge in [0.25, 0.3) is 0 Å². The molecule has 3 rings (SSSR count). The van der Waals surface area contributed by atoms with E-state index in [1.54, 1.807) is 0 Å². The molecule has 0 saturated heterocycles. The number of rotatable bonds is 1. The minimum absolute atomic E-state index is 0.564. The molecular weight excluding hydrogens is 256 g/mol. The molecule has 0 fully saturated rings. The normalized spacial score (nSPS) is 10.8. The molecule has 0 unspecified atom stereocenters. The van der Waals surface area contributed by atoms with Crippen molar-refractivity contribution in [3.05, 3.63) is 59.1 Å². The van der Waals surface area contributed by atoms with Crippen molar-refractivity contribution >= 4 is 28.3 Å². The second-order valence-electron chi connectivity index (χ2n) is 4.52. The first-order valence-electron chi connectivity index (χ1n) is 6.07. The highest BCUT2D eigenvalue weighted by Crippen LogP contribution is 2.34. The third-order valence-corrected chi connectivity index (χ3v) is 3.53. The van der Waals surface area contributed by atoms with Gasteiger partial charge < -0.3 is 5.73 Å². The van der Waals surface area contributed by atoms with Crippen LogP contribution in [0.4, 0.5) is 5.82 Å². The van der Waals surface area contributed by atoms with E-state index in [9.17, 15) is 0 Å². The first kappa shape index (κ1) is 12.0. The van der Waals surface area contributed by atoms with Crippen molar-refractivity contribution in [2.75, 3.05) is 5.73 Å². The van der Waals surface area contributed by atoms with Gasteiger partial charge in [-0.2, -0.15) is 0 Å². The first-order valence-corrected chi connectivity index (χ1v) is 6.45. The zero-order valence-corrected chi connectivity index (χ0v) is 11.3. The Labute approximate surface area is 116 Å². The Kier molecular flexibility index (Phi) is 2.88. The predicted molar refractivity (Wildman–Crippen MR) is 81.3 cm³/mol. The quantitative estimate of drug-likeness (QED) is 0.708. The highest BCUT2D eigenvalue weighted by molar-refractivity contribution is 6.31. The van der Waals surface area contributed by atoms with Crippen LogP contribution in [0.1, 0.15) is 5.56 Å². The van der Waals surface area contributed by atoms with Gasteiger partial charge in [0, 0.05) is 10.4 Å². The molecule has 0 atom stereocenters. The zero-order valence-electron chi connectivity index (χ0n) is 10.5. The Morgan fingerprint density at radius 2 is 1.79 bits per heavy atom. The van der Waals surface area contributed by atoms with E-state index in [2.05, 4.69) is 17.1 Å². The summed E-state index contributed by atoms with van der Waals surface area (Å²) in [7, 11) is 0. The number of fused-ring (bicyclic) bond motifs is 1. The van der Waals surface area contributed by atoms with Gasteiger partial charge in [0.15, 0.2) is 0 Å². The number of anilines is 1. The van der Waals surface area contributed by atoms with Gasteiger partial charge in [0.1, 0.15) is 5.82 Å². The zero-order chi connectivity index (χ0) is 13.4. The molecule has 1 aromatic heterocycles. The van der Waals surface area contributed by atoms with Crippen LogP contribution in [0.25, 0.3) is 22.0 Å². The topological polar surface area (TPSA) is 38.9 Å². The molecule has 0 radical (unpaired) electrons. The molecule has 94 valence electrons. The third-order valence-electron chi connectivity index (χ3n) is 3.29. The number of nitrogen functional groups attached to an aromatic ring is 1. The van der Waals surface area contributed by atoms with E-state index in [4.69, 9.17) is 17.3 Å². The monoisotopic (exact) mass is 268 g/mol. The molecule has 0 saturated carbocycles. The molecule has 0 bridgehead atoms. The number of nitrogens with two attached hydrogens (primary N) is 1. The summed E-state index contributed by atoms with van der Waals surface area (Å²) in [6.07, 6.45) is 0. The Balaban J connectivity index is 2.44. The molecule has 0 amide bonds. The number of nitrogens with zero attached hydrogens (tertiary/aromatic N) is 1. The Bertz CT molecular complexity index is 752.